The summed E-state index contributed by atoms with van der Waals surface area (Å²) >= 11 is 2.90. The third-order valence-corrected chi connectivity index (χ3v) is 9.12. The lowest BCUT2D eigenvalue weighted by atomic mass is 9.97. The summed E-state index contributed by atoms with van der Waals surface area (Å²) in [7, 11) is 1.62. The van der Waals surface area contributed by atoms with Crippen molar-refractivity contribution in [1.82, 2.24) is 9.55 Å². The lowest BCUT2D eigenvalue weighted by Crippen LogP contribution is -2.23. The van der Waals surface area contributed by atoms with Crippen molar-refractivity contribution in [2.45, 2.75) is 57.0 Å². The number of methoxy groups -OCH3 is 1. The van der Waals surface area contributed by atoms with Gasteiger partial charge in [0.2, 0.25) is 5.91 Å². The van der Waals surface area contributed by atoms with Gasteiger partial charge in [-0.1, -0.05) is 37.7 Å². The number of thioether (sulfide) groups is 1. The summed E-state index contributed by atoms with van der Waals surface area (Å²) in [5, 5.41) is 4.22. The number of rotatable bonds is 8. The van der Waals surface area contributed by atoms with E-state index in [2.05, 4.69) is 31.3 Å². The van der Waals surface area contributed by atoms with Gasteiger partial charge >= 0.3 is 0 Å². The highest BCUT2D eigenvalue weighted by Gasteiger charge is 2.23. The molecule has 0 saturated carbocycles. The second-order valence-electron chi connectivity index (χ2n) is 9.39. The van der Waals surface area contributed by atoms with E-state index in [4.69, 9.17) is 9.72 Å². The highest BCUT2D eigenvalue weighted by Crippen LogP contribution is 2.35. The number of aromatic nitrogens is 2. The maximum absolute atomic E-state index is 13.9. The van der Waals surface area contributed by atoms with Crippen molar-refractivity contribution in [1.29, 1.82) is 0 Å². The van der Waals surface area contributed by atoms with Crippen molar-refractivity contribution in [2.24, 2.45) is 0 Å². The standard InChI is InChI=1S/C29H31N3O3S2/c1-4-18(2)19-9-11-20(12-10-19)30-25(33)17-36-29-31-27-26(23-7-5-6-8-24(23)37-27)28(34)32(29)21-13-15-22(35-3)16-14-21/h9-16,18H,4-8,17H2,1-3H3,(H,30,33)/t18-/m1/s1. The molecule has 6 nitrogen and oxygen atoms in total. The molecule has 2 aromatic heterocycles. The molecule has 37 heavy (non-hydrogen) atoms. The van der Waals surface area contributed by atoms with E-state index in [1.807, 2.05) is 36.4 Å². The zero-order valence-electron chi connectivity index (χ0n) is 21.4. The molecular formula is C29H31N3O3S2. The minimum absolute atomic E-state index is 0.0712. The molecule has 1 aliphatic carbocycles. The lowest BCUT2D eigenvalue weighted by Gasteiger charge is -2.14. The van der Waals surface area contributed by atoms with E-state index in [0.29, 0.717) is 22.5 Å². The fourth-order valence-corrected chi connectivity index (χ4v) is 6.82. The van der Waals surface area contributed by atoms with Gasteiger partial charge in [0, 0.05) is 10.6 Å². The highest BCUT2D eigenvalue weighted by molar-refractivity contribution is 7.99. The second kappa shape index (κ2) is 11.1. The Bertz CT molecular complexity index is 1470. The van der Waals surface area contributed by atoms with Crippen molar-refractivity contribution in [3.05, 3.63) is 74.9 Å². The number of carbonyl (C=O) groups excluding carboxylic acids is 1. The Morgan fingerprint density at radius 2 is 1.86 bits per heavy atom. The Labute approximate surface area is 225 Å². The fourth-order valence-electron chi connectivity index (χ4n) is 4.70. The molecule has 1 N–H and O–H groups in total. The number of nitrogens with one attached hydrogen (secondary N) is 1. The van der Waals surface area contributed by atoms with Gasteiger partial charge in [-0.2, -0.15) is 0 Å². The van der Waals surface area contributed by atoms with Crippen LogP contribution in [-0.2, 0) is 17.6 Å². The van der Waals surface area contributed by atoms with Crippen LogP contribution in [-0.4, -0.2) is 28.3 Å². The number of anilines is 1. The Morgan fingerprint density at radius 3 is 2.57 bits per heavy atom. The summed E-state index contributed by atoms with van der Waals surface area (Å²) in [6, 6.07) is 15.4. The van der Waals surface area contributed by atoms with Gasteiger partial charge in [-0.25, -0.2) is 4.98 Å². The van der Waals surface area contributed by atoms with E-state index in [1.54, 1.807) is 23.0 Å². The van der Waals surface area contributed by atoms with Crippen molar-refractivity contribution in [3.8, 4) is 11.4 Å². The highest BCUT2D eigenvalue weighted by atomic mass is 32.2. The maximum atomic E-state index is 13.9. The Hall–Kier alpha value is -3.10. The third-order valence-electron chi connectivity index (χ3n) is 7.00. The number of hydrogen-bond donors (Lipinski definition) is 1. The molecule has 1 atom stereocenters. The first-order valence-electron chi connectivity index (χ1n) is 12.7. The Kier molecular flexibility index (Phi) is 7.67. The minimum Gasteiger partial charge on any atom is -0.497 e. The number of ether oxygens (including phenoxy) is 1. The molecular weight excluding hydrogens is 502 g/mol. The van der Waals surface area contributed by atoms with E-state index in [0.717, 1.165) is 53.6 Å². The summed E-state index contributed by atoms with van der Waals surface area (Å²) in [5.74, 6) is 1.21. The number of hydrogen-bond acceptors (Lipinski definition) is 6. The lowest BCUT2D eigenvalue weighted by molar-refractivity contribution is -0.113. The topological polar surface area (TPSA) is 73.2 Å². The summed E-state index contributed by atoms with van der Waals surface area (Å²) in [5.41, 5.74) is 3.81. The number of nitrogens with zero attached hydrogens (tertiary/aromatic N) is 2. The average molecular weight is 534 g/mol. The maximum Gasteiger partial charge on any atom is 0.267 e. The summed E-state index contributed by atoms with van der Waals surface area (Å²) in [6.07, 6.45) is 5.23. The van der Waals surface area contributed by atoms with Crippen molar-refractivity contribution in [3.63, 3.8) is 0 Å². The first-order valence-corrected chi connectivity index (χ1v) is 14.5. The van der Waals surface area contributed by atoms with Crippen LogP contribution in [0.15, 0.2) is 58.5 Å². The van der Waals surface area contributed by atoms with Crippen LogP contribution >= 0.6 is 23.1 Å². The smallest absolute Gasteiger partial charge is 0.267 e. The molecule has 0 fully saturated rings. The van der Waals surface area contributed by atoms with Crippen LogP contribution < -0.4 is 15.6 Å². The zero-order chi connectivity index (χ0) is 25.9. The van der Waals surface area contributed by atoms with Crippen LogP contribution in [0.3, 0.4) is 0 Å². The van der Waals surface area contributed by atoms with Gasteiger partial charge in [0.05, 0.1) is 23.9 Å². The molecule has 0 aliphatic heterocycles. The van der Waals surface area contributed by atoms with Gasteiger partial charge in [-0.3, -0.25) is 14.2 Å². The average Bonchev–Trinajstić information content (AvgIpc) is 3.31. The largest absolute Gasteiger partial charge is 0.497 e. The van der Waals surface area contributed by atoms with Crippen LogP contribution in [0.2, 0.25) is 0 Å². The molecule has 0 spiro atoms. The van der Waals surface area contributed by atoms with Gasteiger partial charge in [0.25, 0.3) is 5.56 Å². The predicted octanol–water partition coefficient (Wildman–Crippen LogP) is 6.58. The van der Waals surface area contributed by atoms with Crippen LogP contribution in [0, 0.1) is 0 Å². The third kappa shape index (κ3) is 5.31. The van der Waals surface area contributed by atoms with Crippen LogP contribution in [0.1, 0.15) is 55.0 Å². The van der Waals surface area contributed by atoms with E-state index < -0.39 is 0 Å². The summed E-state index contributed by atoms with van der Waals surface area (Å²) in [6.45, 7) is 4.36. The van der Waals surface area contributed by atoms with Gasteiger partial charge in [0.1, 0.15) is 10.6 Å². The minimum atomic E-state index is -0.137. The van der Waals surface area contributed by atoms with Gasteiger partial charge in [-0.05, 0) is 85.5 Å². The molecule has 2 heterocycles. The molecule has 0 unspecified atom stereocenters. The number of benzene rings is 2. The molecule has 0 bridgehead atoms. The molecule has 0 radical (unpaired) electrons. The van der Waals surface area contributed by atoms with Gasteiger partial charge in [0.15, 0.2) is 5.16 Å². The summed E-state index contributed by atoms with van der Waals surface area (Å²) < 4.78 is 6.94. The fraction of sp³-hybridized carbons (Fsp3) is 0.345. The van der Waals surface area contributed by atoms with E-state index in [-0.39, 0.29) is 17.2 Å². The molecule has 4 aromatic rings. The normalized spacial score (nSPS) is 13.8. The van der Waals surface area contributed by atoms with Gasteiger partial charge in [-0.15, -0.1) is 11.3 Å². The quantitative estimate of drug-likeness (QED) is 0.205. The molecule has 0 saturated heterocycles. The number of aryl methyl sites for hydroxylation is 2. The SMILES string of the molecule is CC[C@@H](C)c1ccc(NC(=O)CSc2nc3sc4c(c3c(=O)n2-c2ccc(OC)cc2)CCCC4)cc1. The van der Waals surface area contributed by atoms with Crippen molar-refractivity contribution in [2.75, 3.05) is 18.2 Å². The first kappa shape index (κ1) is 25.5. The van der Waals surface area contributed by atoms with Crippen LogP contribution in [0.4, 0.5) is 5.69 Å². The zero-order valence-corrected chi connectivity index (χ0v) is 23.0. The second-order valence-corrected chi connectivity index (χ2v) is 11.4. The molecule has 5 rings (SSSR count). The van der Waals surface area contributed by atoms with Crippen molar-refractivity contribution >= 4 is 44.9 Å². The Morgan fingerprint density at radius 1 is 1.14 bits per heavy atom. The molecule has 8 heteroatoms. The van der Waals surface area contributed by atoms with Gasteiger partial charge < -0.3 is 10.1 Å². The Balaban J connectivity index is 1.44. The van der Waals surface area contributed by atoms with Crippen molar-refractivity contribution < 1.29 is 9.53 Å². The number of amides is 1. The molecule has 1 aliphatic rings. The van der Waals surface area contributed by atoms with Crippen LogP contribution in [0.25, 0.3) is 15.9 Å². The van der Waals surface area contributed by atoms with E-state index in [1.165, 1.54) is 22.2 Å². The number of carbonyl (C=O) groups is 1. The predicted molar refractivity (Wildman–Crippen MR) is 153 cm³/mol. The number of fused-ring (bicyclic) bond motifs is 3. The molecule has 2 aromatic carbocycles. The number of thiophene rings is 1. The van der Waals surface area contributed by atoms with Crippen LogP contribution in [0.5, 0.6) is 5.75 Å². The van der Waals surface area contributed by atoms with E-state index >= 15 is 0 Å². The van der Waals surface area contributed by atoms with E-state index in [9.17, 15) is 9.59 Å². The first-order chi connectivity index (χ1) is 18.0. The monoisotopic (exact) mass is 533 g/mol. The molecule has 1 amide bonds. The molecule has 192 valence electrons. The summed E-state index contributed by atoms with van der Waals surface area (Å²) in [4.78, 5) is 33.7.